The fourth-order valence-corrected chi connectivity index (χ4v) is 1.34. The molecule has 0 fully saturated rings. The van der Waals surface area contributed by atoms with Crippen LogP contribution in [-0.2, 0) is 0 Å². The molecule has 0 saturated heterocycles. The first-order valence-corrected chi connectivity index (χ1v) is 4.91. The Morgan fingerprint density at radius 1 is 1.38 bits per heavy atom. The van der Waals surface area contributed by atoms with Crippen molar-refractivity contribution in [2.45, 2.75) is 19.8 Å². The Balaban J connectivity index is 3.44. The van der Waals surface area contributed by atoms with Crippen LogP contribution in [0.15, 0.2) is 27.5 Å². The van der Waals surface area contributed by atoms with E-state index < -0.39 is 0 Å². The molecule has 70 valence electrons. The van der Waals surface area contributed by atoms with Crippen LogP contribution in [-0.4, -0.2) is 0 Å². The SMILES string of the molecule is CC(C)c1ccc(Br)c(N)c(=O)c1. The average molecular weight is 242 g/mol. The van der Waals surface area contributed by atoms with Gasteiger partial charge in [0, 0.05) is 4.47 Å². The van der Waals surface area contributed by atoms with Crippen LogP contribution in [0.3, 0.4) is 0 Å². The van der Waals surface area contributed by atoms with Crippen LogP contribution in [0.25, 0.3) is 0 Å². The highest BCUT2D eigenvalue weighted by Crippen LogP contribution is 2.17. The summed E-state index contributed by atoms with van der Waals surface area (Å²) in [4.78, 5) is 11.4. The summed E-state index contributed by atoms with van der Waals surface area (Å²) < 4.78 is 0.657. The van der Waals surface area contributed by atoms with Crippen molar-refractivity contribution in [1.82, 2.24) is 0 Å². The summed E-state index contributed by atoms with van der Waals surface area (Å²) >= 11 is 3.23. The zero-order valence-electron chi connectivity index (χ0n) is 7.67. The van der Waals surface area contributed by atoms with Crippen molar-refractivity contribution >= 4 is 21.6 Å². The first-order chi connectivity index (χ1) is 6.02. The molecule has 0 aliphatic carbocycles. The molecule has 3 heteroatoms. The maximum Gasteiger partial charge on any atom is 0.202 e. The lowest BCUT2D eigenvalue weighted by atomic mass is 10.1. The number of halogens is 1. The van der Waals surface area contributed by atoms with Crippen LogP contribution in [0.5, 0.6) is 0 Å². The molecule has 0 saturated carbocycles. The maximum atomic E-state index is 11.4. The van der Waals surface area contributed by atoms with Gasteiger partial charge in [0.15, 0.2) is 0 Å². The number of rotatable bonds is 1. The van der Waals surface area contributed by atoms with Gasteiger partial charge < -0.3 is 5.73 Å². The monoisotopic (exact) mass is 241 g/mol. The summed E-state index contributed by atoms with van der Waals surface area (Å²) in [5.74, 6) is 0.339. The van der Waals surface area contributed by atoms with Crippen molar-refractivity contribution in [1.29, 1.82) is 0 Å². The van der Waals surface area contributed by atoms with Crippen molar-refractivity contribution in [3.8, 4) is 0 Å². The summed E-state index contributed by atoms with van der Waals surface area (Å²) in [6, 6.07) is 5.31. The molecule has 0 aromatic heterocycles. The molecule has 0 aliphatic rings. The van der Waals surface area contributed by atoms with Crippen LogP contribution in [0.4, 0.5) is 5.69 Å². The Hall–Kier alpha value is -0.830. The third-order valence-corrected chi connectivity index (χ3v) is 2.60. The number of anilines is 1. The number of nitrogens with two attached hydrogens (primary N) is 1. The minimum absolute atomic E-state index is 0.124. The number of hydrogen-bond donors (Lipinski definition) is 1. The minimum atomic E-state index is -0.124. The number of hydrogen-bond acceptors (Lipinski definition) is 2. The van der Waals surface area contributed by atoms with Gasteiger partial charge in [-0.25, -0.2) is 0 Å². The summed E-state index contributed by atoms with van der Waals surface area (Å²) in [5, 5.41) is 0. The van der Waals surface area contributed by atoms with Gasteiger partial charge in [0.2, 0.25) is 5.43 Å². The minimum Gasteiger partial charge on any atom is -0.395 e. The predicted molar refractivity (Wildman–Crippen MR) is 58.9 cm³/mol. The van der Waals surface area contributed by atoms with Gasteiger partial charge in [-0.2, -0.15) is 0 Å². The number of nitrogen functional groups attached to an aromatic ring is 1. The van der Waals surface area contributed by atoms with Gasteiger partial charge in [-0.3, -0.25) is 4.79 Å². The predicted octanol–water partition coefficient (Wildman–Crippen LogP) is 2.51. The van der Waals surface area contributed by atoms with Crippen molar-refractivity contribution < 1.29 is 0 Å². The molecule has 1 aromatic rings. The van der Waals surface area contributed by atoms with Gasteiger partial charge in [-0.1, -0.05) is 19.9 Å². The Morgan fingerprint density at radius 2 is 2.00 bits per heavy atom. The molecule has 0 amide bonds. The zero-order chi connectivity index (χ0) is 10.0. The quantitative estimate of drug-likeness (QED) is 0.822. The Labute approximate surface area is 85.9 Å². The van der Waals surface area contributed by atoms with Gasteiger partial charge in [-0.15, -0.1) is 0 Å². The molecule has 13 heavy (non-hydrogen) atoms. The summed E-state index contributed by atoms with van der Waals surface area (Å²) in [6.45, 7) is 4.08. The zero-order valence-corrected chi connectivity index (χ0v) is 9.26. The van der Waals surface area contributed by atoms with Crippen LogP contribution >= 0.6 is 15.9 Å². The topological polar surface area (TPSA) is 43.1 Å². The van der Waals surface area contributed by atoms with Crippen LogP contribution in [0.2, 0.25) is 0 Å². The fourth-order valence-electron chi connectivity index (χ4n) is 1.01. The standard InChI is InChI=1S/C10H12BrNO/c1-6(2)7-3-4-8(11)10(12)9(13)5-7/h3-6H,1-2H3,(H2,12,13). The van der Waals surface area contributed by atoms with Gasteiger partial charge in [0.05, 0.1) is 5.69 Å². The highest BCUT2D eigenvalue weighted by atomic mass is 79.9. The molecule has 1 aromatic carbocycles. The normalized spacial score (nSPS) is 10.5. The molecule has 0 heterocycles. The second kappa shape index (κ2) is 3.92. The highest BCUT2D eigenvalue weighted by molar-refractivity contribution is 9.10. The van der Waals surface area contributed by atoms with E-state index in [0.29, 0.717) is 10.4 Å². The first kappa shape index (κ1) is 10.3. The molecular formula is C10H12BrNO. The lowest BCUT2D eigenvalue weighted by molar-refractivity contribution is 0.867. The molecule has 0 atom stereocenters. The third kappa shape index (κ3) is 2.31. The van der Waals surface area contributed by atoms with E-state index >= 15 is 0 Å². The van der Waals surface area contributed by atoms with Crippen molar-refractivity contribution in [2.75, 3.05) is 5.73 Å². The van der Waals surface area contributed by atoms with E-state index in [9.17, 15) is 4.79 Å². The molecule has 0 bridgehead atoms. The van der Waals surface area contributed by atoms with Crippen LogP contribution < -0.4 is 11.2 Å². The van der Waals surface area contributed by atoms with E-state index in [1.807, 2.05) is 26.0 Å². The second-order valence-corrected chi connectivity index (χ2v) is 4.11. The van der Waals surface area contributed by atoms with Crippen molar-refractivity contribution in [3.05, 3.63) is 38.5 Å². The second-order valence-electron chi connectivity index (χ2n) is 3.26. The smallest absolute Gasteiger partial charge is 0.202 e. The maximum absolute atomic E-state index is 11.4. The fraction of sp³-hybridized carbons (Fsp3) is 0.300. The Kier molecular flexibility index (Phi) is 3.09. The summed E-state index contributed by atoms with van der Waals surface area (Å²) in [7, 11) is 0. The molecule has 0 spiro atoms. The van der Waals surface area contributed by atoms with Crippen LogP contribution in [0.1, 0.15) is 25.3 Å². The Bertz CT molecular complexity index is 374. The molecule has 0 radical (unpaired) electrons. The van der Waals surface area contributed by atoms with E-state index in [1.54, 1.807) is 6.07 Å². The van der Waals surface area contributed by atoms with Crippen LogP contribution in [0, 0.1) is 0 Å². The molecule has 2 nitrogen and oxygen atoms in total. The van der Waals surface area contributed by atoms with E-state index in [1.165, 1.54) is 0 Å². The van der Waals surface area contributed by atoms with E-state index in [2.05, 4.69) is 15.9 Å². The van der Waals surface area contributed by atoms with Gasteiger partial charge in [0.1, 0.15) is 0 Å². The van der Waals surface area contributed by atoms with Crippen molar-refractivity contribution in [3.63, 3.8) is 0 Å². The van der Waals surface area contributed by atoms with E-state index in [-0.39, 0.29) is 11.1 Å². The highest BCUT2D eigenvalue weighted by Gasteiger charge is 2.02. The summed E-state index contributed by atoms with van der Waals surface area (Å²) in [5.41, 5.74) is 6.72. The van der Waals surface area contributed by atoms with Gasteiger partial charge in [0.25, 0.3) is 0 Å². The molecule has 1 rings (SSSR count). The lowest BCUT2D eigenvalue weighted by Gasteiger charge is -1.98. The first-order valence-electron chi connectivity index (χ1n) is 4.11. The Morgan fingerprint density at radius 3 is 2.54 bits per heavy atom. The molecule has 0 unspecified atom stereocenters. The lowest BCUT2D eigenvalue weighted by Crippen LogP contribution is -2.04. The van der Waals surface area contributed by atoms with E-state index in [0.717, 1.165) is 5.56 Å². The largest absolute Gasteiger partial charge is 0.395 e. The molecule has 0 aliphatic heterocycles. The van der Waals surface area contributed by atoms with Gasteiger partial charge >= 0.3 is 0 Å². The third-order valence-electron chi connectivity index (χ3n) is 1.91. The molecule has 2 N–H and O–H groups in total. The van der Waals surface area contributed by atoms with Gasteiger partial charge in [-0.05, 0) is 39.5 Å². The summed E-state index contributed by atoms with van der Waals surface area (Å²) in [6.07, 6.45) is 0. The molecular weight excluding hydrogens is 230 g/mol. The van der Waals surface area contributed by atoms with Crippen molar-refractivity contribution in [2.24, 2.45) is 0 Å². The average Bonchev–Trinajstić information content (AvgIpc) is 2.19. The van der Waals surface area contributed by atoms with E-state index in [4.69, 9.17) is 5.73 Å².